The Morgan fingerprint density at radius 2 is 2.33 bits per heavy atom. The third-order valence-corrected chi connectivity index (χ3v) is 1.79. The first kappa shape index (κ1) is 6.17. The molecule has 0 radical (unpaired) electrons. The molecule has 1 aromatic carbocycles. The molecule has 0 unspecified atom stereocenters. The van der Waals surface area contributed by atoms with Crippen molar-refractivity contribution in [2.45, 2.75) is 19.9 Å². The van der Waals surface area contributed by atoms with Crippen molar-refractivity contribution in [3.8, 4) is 0 Å². The largest absolute Gasteiger partial charge is 0.242 e. The number of rotatable bonds is 1. The van der Waals surface area contributed by atoms with E-state index in [1.807, 2.05) is 30.7 Å². The molecule has 0 saturated heterocycles. The molecule has 3 heteroatoms. The molecule has 0 aliphatic rings. The second-order valence-electron chi connectivity index (χ2n) is 3.03. The maximum absolute atomic E-state index is 7.60. The highest BCUT2D eigenvalue weighted by Crippen LogP contribution is 2.13. The summed E-state index contributed by atoms with van der Waals surface area (Å²) in [4.78, 5) is 0. The average Bonchev–Trinajstić information content (AvgIpc) is 2.48. The molecule has 0 amide bonds. The summed E-state index contributed by atoms with van der Waals surface area (Å²) in [5.41, 5.74) is 1.61. The van der Waals surface area contributed by atoms with Crippen LogP contribution < -0.4 is 0 Å². The molecule has 0 atom stereocenters. The minimum atomic E-state index is 0.284. The number of hydrogen-bond acceptors (Lipinski definition) is 2. The number of para-hydroxylation sites is 1. The number of hydrogen-bond donors (Lipinski definition) is 0. The van der Waals surface area contributed by atoms with Crippen LogP contribution in [0, 0.1) is 0 Å². The van der Waals surface area contributed by atoms with E-state index >= 15 is 0 Å². The first-order valence-corrected chi connectivity index (χ1v) is 4.00. The summed E-state index contributed by atoms with van der Waals surface area (Å²) in [6, 6.07) is 6.23. The van der Waals surface area contributed by atoms with E-state index in [4.69, 9.17) is 1.37 Å². The van der Waals surface area contributed by atoms with Gasteiger partial charge in [0.1, 0.15) is 5.52 Å². The molecule has 1 aromatic heterocycles. The molecule has 0 aliphatic heterocycles. The Hall–Kier alpha value is -1.38. The molecule has 0 saturated carbocycles. The van der Waals surface area contributed by atoms with Crippen LogP contribution in [0.5, 0.6) is 0 Å². The molecule has 2 rings (SSSR count). The van der Waals surface area contributed by atoms with Gasteiger partial charge in [0.2, 0.25) is 0 Å². The van der Waals surface area contributed by atoms with E-state index in [0.29, 0.717) is 11.6 Å². The predicted molar refractivity (Wildman–Crippen MR) is 47.9 cm³/mol. The molecule has 0 bridgehead atoms. The maximum Gasteiger partial charge on any atom is 0.113 e. The smallest absolute Gasteiger partial charge is 0.113 e. The summed E-state index contributed by atoms with van der Waals surface area (Å²) in [5, 5.41) is 7.97. The number of fused-ring (bicyclic) bond motifs is 1. The number of aromatic nitrogens is 3. The summed E-state index contributed by atoms with van der Waals surface area (Å²) in [6.45, 7) is 4.09. The van der Waals surface area contributed by atoms with Gasteiger partial charge in [0.05, 0.1) is 6.89 Å². The van der Waals surface area contributed by atoms with E-state index in [1.54, 1.807) is 6.07 Å². The maximum atomic E-state index is 7.60. The van der Waals surface area contributed by atoms with Crippen LogP contribution in [0.1, 0.15) is 21.3 Å². The lowest BCUT2D eigenvalue weighted by Crippen LogP contribution is -2.02. The van der Waals surface area contributed by atoms with Crippen molar-refractivity contribution in [3.05, 3.63) is 24.2 Å². The predicted octanol–water partition coefficient (Wildman–Crippen LogP) is 2.01. The summed E-state index contributed by atoms with van der Waals surface area (Å²) in [6.07, 6.45) is 0. The standard InChI is InChI=1S/C9H11N3/c1-7(2)12-9-6-4-3-5-8(9)10-11-12/h3-7H,1-2H3/i5D. The van der Waals surface area contributed by atoms with Crippen LogP contribution in [-0.4, -0.2) is 15.0 Å². The normalized spacial score (nSPS) is 12.4. The lowest BCUT2D eigenvalue weighted by molar-refractivity contribution is 0.530. The van der Waals surface area contributed by atoms with Crippen LogP contribution in [0.3, 0.4) is 0 Å². The van der Waals surface area contributed by atoms with Gasteiger partial charge in [-0.25, -0.2) is 4.68 Å². The van der Waals surface area contributed by atoms with E-state index in [9.17, 15) is 0 Å². The summed E-state index contributed by atoms with van der Waals surface area (Å²) in [7, 11) is 0. The van der Waals surface area contributed by atoms with Crippen molar-refractivity contribution in [2.75, 3.05) is 0 Å². The Balaban J connectivity index is 2.75. The Labute approximate surface area is 72.4 Å². The highest BCUT2D eigenvalue weighted by molar-refractivity contribution is 5.73. The molecule has 0 N–H and O–H groups in total. The van der Waals surface area contributed by atoms with Crippen LogP contribution in [0.2, 0.25) is 0 Å². The van der Waals surface area contributed by atoms with E-state index in [0.717, 1.165) is 5.52 Å². The van der Waals surface area contributed by atoms with E-state index in [1.165, 1.54) is 0 Å². The quantitative estimate of drug-likeness (QED) is 0.642. The second kappa shape index (κ2) is 2.59. The monoisotopic (exact) mass is 162 g/mol. The summed E-state index contributed by atoms with van der Waals surface area (Å²) < 4.78 is 9.43. The minimum absolute atomic E-state index is 0.284. The molecule has 0 fully saturated rings. The van der Waals surface area contributed by atoms with Crippen molar-refractivity contribution in [1.82, 2.24) is 15.0 Å². The van der Waals surface area contributed by atoms with Gasteiger partial charge in [0.25, 0.3) is 0 Å². The van der Waals surface area contributed by atoms with Crippen molar-refractivity contribution < 1.29 is 1.37 Å². The molecule has 0 spiro atoms. The number of benzene rings is 1. The van der Waals surface area contributed by atoms with Gasteiger partial charge in [0, 0.05) is 6.04 Å². The van der Waals surface area contributed by atoms with E-state index in [-0.39, 0.29) is 6.04 Å². The van der Waals surface area contributed by atoms with Crippen LogP contribution in [0.25, 0.3) is 11.0 Å². The van der Waals surface area contributed by atoms with Crippen molar-refractivity contribution in [3.63, 3.8) is 0 Å². The van der Waals surface area contributed by atoms with Gasteiger partial charge in [-0.15, -0.1) is 5.10 Å². The van der Waals surface area contributed by atoms with Gasteiger partial charge in [0.15, 0.2) is 0 Å². The average molecular weight is 162 g/mol. The zero-order valence-corrected chi connectivity index (χ0v) is 7.15. The van der Waals surface area contributed by atoms with E-state index in [2.05, 4.69) is 10.3 Å². The van der Waals surface area contributed by atoms with Gasteiger partial charge in [-0.1, -0.05) is 17.3 Å². The molecule has 2 aromatic rings. The van der Waals surface area contributed by atoms with E-state index < -0.39 is 0 Å². The first-order valence-electron chi connectivity index (χ1n) is 4.50. The van der Waals surface area contributed by atoms with Gasteiger partial charge < -0.3 is 0 Å². The number of nitrogens with zero attached hydrogens (tertiary/aromatic N) is 3. The highest BCUT2D eigenvalue weighted by Gasteiger charge is 2.04. The SMILES string of the molecule is [2H]c1cccc2c1nnn2C(C)C. The summed E-state index contributed by atoms with van der Waals surface area (Å²) in [5.74, 6) is 0. The topological polar surface area (TPSA) is 30.7 Å². The Morgan fingerprint density at radius 3 is 3.08 bits per heavy atom. The third-order valence-electron chi connectivity index (χ3n) is 1.79. The third kappa shape index (κ3) is 0.978. The molecular formula is C9H11N3. The zero-order chi connectivity index (χ0) is 9.42. The van der Waals surface area contributed by atoms with Crippen molar-refractivity contribution in [2.24, 2.45) is 0 Å². The van der Waals surface area contributed by atoms with Crippen LogP contribution in [0.15, 0.2) is 24.2 Å². The lowest BCUT2D eigenvalue weighted by Gasteiger charge is -2.03. The molecule has 12 heavy (non-hydrogen) atoms. The lowest BCUT2D eigenvalue weighted by atomic mass is 10.3. The van der Waals surface area contributed by atoms with Crippen LogP contribution in [0.4, 0.5) is 0 Å². The molecule has 0 aliphatic carbocycles. The van der Waals surface area contributed by atoms with Gasteiger partial charge in [-0.05, 0) is 26.0 Å². The summed E-state index contributed by atoms with van der Waals surface area (Å²) >= 11 is 0. The first-order chi connectivity index (χ1) is 6.20. The Morgan fingerprint density at radius 1 is 1.50 bits per heavy atom. The van der Waals surface area contributed by atoms with Crippen molar-refractivity contribution in [1.29, 1.82) is 0 Å². The molecule has 1 heterocycles. The Bertz CT molecular complexity index is 433. The molecular weight excluding hydrogens is 150 g/mol. The van der Waals surface area contributed by atoms with Gasteiger partial charge >= 0.3 is 0 Å². The minimum Gasteiger partial charge on any atom is -0.242 e. The molecule has 3 nitrogen and oxygen atoms in total. The van der Waals surface area contributed by atoms with Gasteiger partial charge in [-0.3, -0.25) is 0 Å². The zero-order valence-electron chi connectivity index (χ0n) is 8.15. The fourth-order valence-corrected chi connectivity index (χ4v) is 1.21. The second-order valence-corrected chi connectivity index (χ2v) is 3.03. The Kier molecular flexibility index (Phi) is 1.33. The van der Waals surface area contributed by atoms with Crippen LogP contribution in [-0.2, 0) is 0 Å². The molecule has 62 valence electrons. The fourth-order valence-electron chi connectivity index (χ4n) is 1.21. The highest BCUT2D eigenvalue weighted by atomic mass is 15.4. The van der Waals surface area contributed by atoms with Crippen LogP contribution >= 0.6 is 0 Å². The van der Waals surface area contributed by atoms with Crippen molar-refractivity contribution >= 4 is 11.0 Å². The fraction of sp³-hybridized carbons (Fsp3) is 0.333. The van der Waals surface area contributed by atoms with Gasteiger partial charge in [-0.2, -0.15) is 0 Å².